The monoisotopic (exact) mass is 300 g/mol. The van der Waals surface area contributed by atoms with Crippen molar-refractivity contribution in [3.05, 3.63) is 28.8 Å². The van der Waals surface area contributed by atoms with Gasteiger partial charge in [-0.3, -0.25) is 0 Å². The lowest BCUT2D eigenvalue weighted by atomic mass is 10.1. The number of benzene rings is 1. The van der Waals surface area contributed by atoms with Crippen molar-refractivity contribution in [1.29, 1.82) is 0 Å². The largest absolute Gasteiger partial charge is 0.389 e. The zero-order valence-electron chi connectivity index (χ0n) is 11.2. The molecule has 0 saturated heterocycles. The van der Waals surface area contributed by atoms with Gasteiger partial charge >= 0.3 is 0 Å². The Kier molecular flexibility index (Phi) is 7.79. The summed E-state index contributed by atoms with van der Waals surface area (Å²) in [6, 6.07) is 5.59. The molecule has 106 valence electrons. The molecule has 0 saturated carbocycles. The highest BCUT2D eigenvalue weighted by Gasteiger charge is 2.08. The second-order valence-corrected chi connectivity index (χ2v) is 5.12. The van der Waals surface area contributed by atoms with E-state index >= 15 is 0 Å². The average molecular weight is 301 g/mol. The summed E-state index contributed by atoms with van der Waals surface area (Å²) >= 11 is 11.1. The first-order valence-electron chi connectivity index (χ1n) is 6.56. The molecule has 3 N–H and O–H groups in total. The SMILES string of the molecule is CCCCOCCCNc1cccc(Cl)c1C(N)=S. The zero-order valence-corrected chi connectivity index (χ0v) is 12.8. The molecule has 0 spiro atoms. The average Bonchev–Trinajstić information content (AvgIpc) is 2.37. The molecule has 0 bridgehead atoms. The molecular weight excluding hydrogens is 280 g/mol. The maximum atomic E-state index is 6.09. The first-order valence-corrected chi connectivity index (χ1v) is 7.35. The number of rotatable bonds is 9. The molecule has 0 aliphatic carbocycles. The number of ether oxygens (including phenoxy) is 1. The number of hydrogen-bond acceptors (Lipinski definition) is 3. The van der Waals surface area contributed by atoms with E-state index in [0.717, 1.165) is 44.7 Å². The molecule has 0 heterocycles. The van der Waals surface area contributed by atoms with E-state index in [9.17, 15) is 0 Å². The van der Waals surface area contributed by atoms with Crippen molar-refractivity contribution in [3.63, 3.8) is 0 Å². The molecule has 1 rings (SSSR count). The molecule has 1 aromatic carbocycles. The topological polar surface area (TPSA) is 47.3 Å². The van der Waals surface area contributed by atoms with Gasteiger partial charge in [-0.2, -0.15) is 0 Å². The molecule has 0 aromatic heterocycles. The highest BCUT2D eigenvalue weighted by atomic mass is 35.5. The predicted molar refractivity (Wildman–Crippen MR) is 86.2 cm³/mol. The fourth-order valence-electron chi connectivity index (χ4n) is 1.67. The smallest absolute Gasteiger partial charge is 0.107 e. The van der Waals surface area contributed by atoms with E-state index in [2.05, 4.69) is 12.2 Å². The van der Waals surface area contributed by atoms with Gasteiger partial charge in [-0.05, 0) is 25.0 Å². The molecule has 1 aromatic rings. The van der Waals surface area contributed by atoms with Gasteiger partial charge in [-0.15, -0.1) is 0 Å². The van der Waals surface area contributed by atoms with Gasteiger partial charge in [0.05, 0.1) is 10.6 Å². The summed E-state index contributed by atoms with van der Waals surface area (Å²) in [6.45, 7) is 4.56. The summed E-state index contributed by atoms with van der Waals surface area (Å²) in [6.07, 6.45) is 3.22. The van der Waals surface area contributed by atoms with Gasteiger partial charge < -0.3 is 15.8 Å². The second-order valence-electron chi connectivity index (χ2n) is 4.27. The summed E-state index contributed by atoms with van der Waals surface area (Å²) in [5.74, 6) is 0. The van der Waals surface area contributed by atoms with Crippen LogP contribution in [-0.2, 0) is 4.74 Å². The van der Waals surface area contributed by atoms with Crippen LogP contribution in [0.5, 0.6) is 0 Å². The van der Waals surface area contributed by atoms with Crippen LogP contribution >= 0.6 is 23.8 Å². The summed E-state index contributed by atoms with van der Waals surface area (Å²) in [4.78, 5) is 0.312. The third-order valence-electron chi connectivity index (χ3n) is 2.68. The van der Waals surface area contributed by atoms with Gasteiger partial charge in [-0.1, -0.05) is 43.2 Å². The molecular formula is C14H21ClN2OS. The standard InChI is InChI=1S/C14H21ClN2OS/c1-2-3-9-18-10-5-8-17-12-7-4-6-11(15)13(12)14(16)19/h4,6-7,17H,2-3,5,8-10H2,1H3,(H2,16,19). The van der Waals surface area contributed by atoms with E-state index in [1.807, 2.05) is 12.1 Å². The van der Waals surface area contributed by atoms with Crippen LogP contribution in [-0.4, -0.2) is 24.7 Å². The normalized spacial score (nSPS) is 10.4. The van der Waals surface area contributed by atoms with Crippen LogP contribution < -0.4 is 11.1 Å². The summed E-state index contributed by atoms with van der Waals surface area (Å²) < 4.78 is 5.50. The van der Waals surface area contributed by atoms with Crippen LogP contribution in [0.2, 0.25) is 5.02 Å². The first-order chi connectivity index (χ1) is 9.16. The van der Waals surface area contributed by atoms with Gasteiger partial charge in [0.15, 0.2) is 0 Å². The van der Waals surface area contributed by atoms with Gasteiger partial charge in [0.2, 0.25) is 0 Å². The Morgan fingerprint density at radius 1 is 1.37 bits per heavy atom. The first kappa shape index (κ1) is 16.2. The van der Waals surface area contributed by atoms with E-state index in [4.69, 9.17) is 34.3 Å². The van der Waals surface area contributed by atoms with Crippen molar-refractivity contribution in [1.82, 2.24) is 0 Å². The molecule has 0 amide bonds. The Bertz CT molecular complexity index is 412. The molecule has 19 heavy (non-hydrogen) atoms. The highest BCUT2D eigenvalue weighted by Crippen LogP contribution is 2.24. The molecule has 0 unspecified atom stereocenters. The van der Waals surface area contributed by atoms with Gasteiger partial charge in [0.1, 0.15) is 4.99 Å². The maximum Gasteiger partial charge on any atom is 0.107 e. The number of hydrogen-bond donors (Lipinski definition) is 2. The molecule has 5 heteroatoms. The summed E-state index contributed by atoms with van der Waals surface area (Å²) in [5.41, 5.74) is 7.28. The van der Waals surface area contributed by atoms with E-state index in [-0.39, 0.29) is 0 Å². The number of thiocarbonyl (C=S) groups is 1. The number of unbranched alkanes of at least 4 members (excludes halogenated alkanes) is 1. The van der Waals surface area contributed by atoms with Crippen molar-refractivity contribution in [2.45, 2.75) is 26.2 Å². The van der Waals surface area contributed by atoms with E-state index < -0.39 is 0 Å². The molecule has 0 aliphatic rings. The molecule has 0 radical (unpaired) electrons. The lowest BCUT2D eigenvalue weighted by Gasteiger charge is -2.12. The fourth-order valence-corrected chi connectivity index (χ4v) is 2.22. The van der Waals surface area contributed by atoms with Crippen molar-refractivity contribution < 1.29 is 4.74 Å². The van der Waals surface area contributed by atoms with Gasteiger partial charge in [-0.25, -0.2) is 0 Å². The van der Waals surface area contributed by atoms with E-state index in [0.29, 0.717) is 15.6 Å². The van der Waals surface area contributed by atoms with Crippen molar-refractivity contribution in [2.75, 3.05) is 25.1 Å². The Morgan fingerprint density at radius 2 is 2.11 bits per heavy atom. The maximum absolute atomic E-state index is 6.09. The Morgan fingerprint density at radius 3 is 2.79 bits per heavy atom. The summed E-state index contributed by atoms with van der Waals surface area (Å²) in [5, 5.41) is 3.87. The number of nitrogens with one attached hydrogen (secondary N) is 1. The van der Waals surface area contributed by atoms with Crippen LogP contribution in [0.25, 0.3) is 0 Å². The predicted octanol–water partition coefficient (Wildman–Crippen LogP) is 3.59. The Hall–Kier alpha value is -0.840. The second kappa shape index (κ2) is 9.13. The third-order valence-corrected chi connectivity index (χ3v) is 3.20. The zero-order chi connectivity index (χ0) is 14.1. The van der Waals surface area contributed by atoms with Crippen LogP contribution in [0.15, 0.2) is 18.2 Å². The Balaban J connectivity index is 2.37. The van der Waals surface area contributed by atoms with Gasteiger partial charge in [0.25, 0.3) is 0 Å². The quantitative estimate of drug-likeness (QED) is 0.540. The van der Waals surface area contributed by atoms with Crippen LogP contribution in [0.3, 0.4) is 0 Å². The minimum atomic E-state index is 0.312. The lowest BCUT2D eigenvalue weighted by molar-refractivity contribution is 0.131. The molecule has 0 aliphatic heterocycles. The van der Waals surface area contributed by atoms with Crippen LogP contribution in [0.4, 0.5) is 5.69 Å². The molecule has 0 fully saturated rings. The summed E-state index contributed by atoms with van der Waals surface area (Å²) in [7, 11) is 0. The van der Waals surface area contributed by atoms with E-state index in [1.54, 1.807) is 6.07 Å². The minimum Gasteiger partial charge on any atom is -0.389 e. The highest BCUT2D eigenvalue weighted by molar-refractivity contribution is 7.80. The minimum absolute atomic E-state index is 0.312. The molecule has 3 nitrogen and oxygen atoms in total. The fraction of sp³-hybridized carbons (Fsp3) is 0.500. The number of halogens is 1. The van der Waals surface area contributed by atoms with Crippen LogP contribution in [0.1, 0.15) is 31.7 Å². The van der Waals surface area contributed by atoms with Gasteiger partial charge in [0, 0.05) is 25.4 Å². The Labute approximate surface area is 125 Å². The molecule has 0 atom stereocenters. The lowest BCUT2D eigenvalue weighted by Crippen LogP contribution is -2.15. The van der Waals surface area contributed by atoms with Crippen molar-refractivity contribution in [3.8, 4) is 0 Å². The third kappa shape index (κ3) is 5.76. The van der Waals surface area contributed by atoms with Crippen molar-refractivity contribution in [2.24, 2.45) is 5.73 Å². The van der Waals surface area contributed by atoms with Crippen molar-refractivity contribution >= 4 is 34.5 Å². The van der Waals surface area contributed by atoms with E-state index in [1.165, 1.54) is 0 Å². The van der Waals surface area contributed by atoms with Crippen LogP contribution in [0, 0.1) is 0 Å². The number of anilines is 1. The number of nitrogens with two attached hydrogens (primary N) is 1.